The first kappa shape index (κ1) is 14.5. The second kappa shape index (κ2) is 6.97. The van der Waals surface area contributed by atoms with Gasteiger partial charge in [-0.15, -0.1) is 0 Å². The Labute approximate surface area is 104 Å². The summed E-state index contributed by atoms with van der Waals surface area (Å²) in [5.74, 6) is 0.289. The van der Waals surface area contributed by atoms with Gasteiger partial charge in [0.2, 0.25) is 5.91 Å². The molecule has 1 saturated heterocycles. The minimum atomic E-state index is -0.156. The van der Waals surface area contributed by atoms with Gasteiger partial charge in [-0.05, 0) is 45.7 Å². The molecule has 1 aliphatic heterocycles. The normalized spacial score (nSPS) is 19.0. The van der Waals surface area contributed by atoms with Crippen LogP contribution in [0.4, 0.5) is 0 Å². The summed E-state index contributed by atoms with van der Waals surface area (Å²) in [4.78, 5) is 14.5. The van der Waals surface area contributed by atoms with Crippen LogP contribution < -0.4 is 5.32 Å². The van der Waals surface area contributed by atoms with Crippen LogP contribution in [0.25, 0.3) is 0 Å². The number of carbonyl (C=O) groups is 1. The molecule has 4 heteroatoms. The molecule has 4 nitrogen and oxygen atoms in total. The average molecular weight is 242 g/mol. The number of nitrogens with zero attached hydrogens (tertiary/aromatic N) is 1. The Morgan fingerprint density at radius 3 is 2.47 bits per heavy atom. The van der Waals surface area contributed by atoms with E-state index in [0.29, 0.717) is 13.0 Å². The maximum Gasteiger partial charge on any atom is 0.228 e. The Morgan fingerprint density at radius 2 is 2.00 bits per heavy atom. The molecule has 1 heterocycles. The van der Waals surface area contributed by atoms with Crippen LogP contribution in [0.5, 0.6) is 0 Å². The predicted molar refractivity (Wildman–Crippen MR) is 68.8 cm³/mol. The fourth-order valence-corrected chi connectivity index (χ4v) is 2.62. The Bertz CT molecular complexity index is 238. The van der Waals surface area contributed by atoms with Crippen molar-refractivity contribution in [3.8, 4) is 0 Å². The zero-order valence-corrected chi connectivity index (χ0v) is 11.2. The van der Waals surface area contributed by atoms with Crippen LogP contribution in [0, 0.1) is 5.41 Å². The van der Waals surface area contributed by atoms with Crippen molar-refractivity contribution in [2.45, 2.75) is 39.5 Å². The Kier molecular flexibility index (Phi) is 5.92. The van der Waals surface area contributed by atoms with Gasteiger partial charge in [0.15, 0.2) is 0 Å². The molecule has 0 spiro atoms. The molecule has 0 aromatic rings. The summed E-state index contributed by atoms with van der Waals surface area (Å²) >= 11 is 0. The van der Waals surface area contributed by atoms with Crippen molar-refractivity contribution in [3.05, 3.63) is 0 Å². The lowest BCUT2D eigenvalue weighted by atomic mass is 9.75. The smallest absolute Gasteiger partial charge is 0.228 e. The maximum absolute atomic E-state index is 12.6. The lowest BCUT2D eigenvalue weighted by Gasteiger charge is -2.39. The van der Waals surface area contributed by atoms with Crippen molar-refractivity contribution in [2.75, 3.05) is 32.8 Å². The summed E-state index contributed by atoms with van der Waals surface area (Å²) in [6.07, 6.45) is 3.48. The number of amides is 1. The highest BCUT2D eigenvalue weighted by atomic mass is 16.3. The quantitative estimate of drug-likeness (QED) is 0.730. The molecule has 0 saturated carbocycles. The zero-order valence-electron chi connectivity index (χ0n) is 11.2. The van der Waals surface area contributed by atoms with Gasteiger partial charge in [-0.2, -0.15) is 0 Å². The third-order valence-corrected chi connectivity index (χ3v) is 3.95. The Hall–Kier alpha value is -0.610. The molecular formula is C13H26N2O2. The number of aliphatic hydroxyl groups is 1. The van der Waals surface area contributed by atoms with Gasteiger partial charge in [-0.25, -0.2) is 0 Å². The summed E-state index contributed by atoms with van der Waals surface area (Å²) in [5.41, 5.74) is -0.156. The van der Waals surface area contributed by atoms with E-state index in [0.717, 1.165) is 38.9 Å². The van der Waals surface area contributed by atoms with E-state index in [2.05, 4.69) is 12.2 Å². The topological polar surface area (TPSA) is 52.6 Å². The number of hydrogen-bond donors (Lipinski definition) is 2. The van der Waals surface area contributed by atoms with Gasteiger partial charge in [0, 0.05) is 19.7 Å². The van der Waals surface area contributed by atoms with Crippen LogP contribution in [0.3, 0.4) is 0 Å². The molecule has 1 aliphatic rings. The molecule has 1 rings (SSSR count). The van der Waals surface area contributed by atoms with E-state index in [1.165, 1.54) is 0 Å². The zero-order chi connectivity index (χ0) is 12.7. The van der Waals surface area contributed by atoms with Gasteiger partial charge >= 0.3 is 0 Å². The van der Waals surface area contributed by atoms with Crippen LogP contribution in [0.2, 0.25) is 0 Å². The molecular weight excluding hydrogens is 216 g/mol. The van der Waals surface area contributed by atoms with Crippen LogP contribution in [-0.2, 0) is 4.79 Å². The standard InChI is InChI=1S/C13H26N2O2/c1-3-13(6-8-14-9-7-13)12(17)15(4-2)10-5-11-16/h14,16H,3-11H2,1-2H3. The third-order valence-electron chi connectivity index (χ3n) is 3.95. The van der Waals surface area contributed by atoms with Crippen molar-refractivity contribution < 1.29 is 9.90 Å². The molecule has 17 heavy (non-hydrogen) atoms. The molecule has 2 N–H and O–H groups in total. The highest BCUT2D eigenvalue weighted by molar-refractivity contribution is 5.82. The van der Waals surface area contributed by atoms with Gasteiger partial charge in [0.1, 0.15) is 0 Å². The van der Waals surface area contributed by atoms with Crippen molar-refractivity contribution >= 4 is 5.91 Å². The predicted octanol–water partition coefficient (Wildman–Crippen LogP) is 0.997. The van der Waals surface area contributed by atoms with E-state index in [-0.39, 0.29) is 17.9 Å². The van der Waals surface area contributed by atoms with Crippen molar-refractivity contribution in [2.24, 2.45) is 5.41 Å². The third kappa shape index (κ3) is 3.42. The van der Waals surface area contributed by atoms with E-state index in [9.17, 15) is 4.79 Å². The van der Waals surface area contributed by atoms with Crippen LogP contribution >= 0.6 is 0 Å². The number of carbonyl (C=O) groups excluding carboxylic acids is 1. The molecule has 1 fully saturated rings. The first-order valence-electron chi connectivity index (χ1n) is 6.81. The van der Waals surface area contributed by atoms with Crippen LogP contribution in [-0.4, -0.2) is 48.7 Å². The van der Waals surface area contributed by atoms with Crippen LogP contribution in [0.1, 0.15) is 39.5 Å². The highest BCUT2D eigenvalue weighted by Gasteiger charge is 2.39. The first-order valence-corrected chi connectivity index (χ1v) is 6.81. The Morgan fingerprint density at radius 1 is 1.35 bits per heavy atom. The van der Waals surface area contributed by atoms with E-state index in [4.69, 9.17) is 5.11 Å². The molecule has 0 aromatic carbocycles. The molecule has 100 valence electrons. The van der Waals surface area contributed by atoms with Gasteiger partial charge in [0.25, 0.3) is 0 Å². The van der Waals surface area contributed by atoms with Gasteiger partial charge in [-0.1, -0.05) is 6.92 Å². The lowest BCUT2D eigenvalue weighted by Crippen LogP contribution is -2.49. The highest BCUT2D eigenvalue weighted by Crippen LogP contribution is 2.34. The molecule has 0 atom stereocenters. The summed E-state index contributed by atoms with van der Waals surface area (Å²) < 4.78 is 0. The fraction of sp³-hybridized carbons (Fsp3) is 0.923. The van der Waals surface area contributed by atoms with Gasteiger partial charge in [-0.3, -0.25) is 4.79 Å². The number of rotatable bonds is 6. The second-order valence-corrected chi connectivity index (χ2v) is 4.85. The summed E-state index contributed by atoms with van der Waals surface area (Å²) in [7, 11) is 0. The number of hydrogen-bond acceptors (Lipinski definition) is 3. The molecule has 0 bridgehead atoms. The Balaban J connectivity index is 2.68. The van der Waals surface area contributed by atoms with Crippen molar-refractivity contribution in [1.82, 2.24) is 10.2 Å². The minimum Gasteiger partial charge on any atom is -0.396 e. The molecule has 1 amide bonds. The van der Waals surface area contributed by atoms with E-state index >= 15 is 0 Å². The number of piperidine rings is 1. The average Bonchev–Trinajstić information content (AvgIpc) is 2.40. The van der Waals surface area contributed by atoms with Crippen molar-refractivity contribution in [3.63, 3.8) is 0 Å². The second-order valence-electron chi connectivity index (χ2n) is 4.85. The van der Waals surface area contributed by atoms with Gasteiger partial charge in [0.05, 0.1) is 5.41 Å². The maximum atomic E-state index is 12.6. The number of aliphatic hydroxyl groups excluding tert-OH is 1. The SMILES string of the molecule is CCN(CCCO)C(=O)C1(CC)CCNCC1. The van der Waals surface area contributed by atoms with E-state index < -0.39 is 0 Å². The van der Waals surface area contributed by atoms with Crippen LogP contribution in [0.15, 0.2) is 0 Å². The van der Waals surface area contributed by atoms with Gasteiger partial charge < -0.3 is 15.3 Å². The summed E-state index contributed by atoms with van der Waals surface area (Å²) in [5, 5.41) is 12.2. The monoisotopic (exact) mass is 242 g/mol. The lowest BCUT2D eigenvalue weighted by molar-refractivity contribution is -0.144. The summed E-state index contributed by atoms with van der Waals surface area (Å²) in [6.45, 7) is 7.59. The molecule has 0 unspecified atom stereocenters. The van der Waals surface area contributed by atoms with E-state index in [1.807, 2.05) is 11.8 Å². The molecule has 0 aliphatic carbocycles. The summed E-state index contributed by atoms with van der Waals surface area (Å²) in [6, 6.07) is 0. The fourth-order valence-electron chi connectivity index (χ4n) is 2.62. The minimum absolute atomic E-state index is 0.156. The first-order chi connectivity index (χ1) is 8.20. The largest absolute Gasteiger partial charge is 0.396 e. The molecule has 0 radical (unpaired) electrons. The number of nitrogens with one attached hydrogen (secondary N) is 1. The van der Waals surface area contributed by atoms with Crippen molar-refractivity contribution in [1.29, 1.82) is 0 Å². The van der Waals surface area contributed by atoms with E-state index in [1.54, 1.807) is 0 Å². The molecule has 0 aromatic heterocycles.